The average Bonchev–Trinajstić information content (AvgIpc) is 2.81. The highest BCUT2D eigenvalue weighted by Crippen LogP contribution is 2.29. The molecule has 2 rings (SSSR count). The van der Waals surface area contributed by atoms with Gasteiger partial charge in [-0.1, -0.05) is 0 Å². The Morgan fingerprint density at radius 2 is 2.26 bits per heavy atom. The zero-order valence-electron chi connectivity index (χ0n) is 11.8. The maximum atomic E-state index is 5.77. The van der Waals surface area contributed by atoms with Gasteiger partial charge in [-0.05, 0) is 39.7 Å². The maximum Gasteiger partial charge on any atom is 0.0928 e. The van der Waals surface area contributed by atoms with Crippen molar-refractivity contribution in [2.45, 2.75) is 43.7 Å². The fraction of sp³-hybridized carbons (Fsp3) is 0.786. The molecule has 0 amide bonds. The van der Waals surface area contributed by atoms with Gasteiger partial charge in [0, 0.05) is 29.0 Å². The predicted octanol–water partition coefficient (Wildman–Crippen LogP) is 4.03. The van der Waals surface area contributed by atoms with E-state index in [4.69, 9.17) is 11.6 Å². The van der Waals surface area contributed by atoms with Gasteiger partial charge < -0.3 is 4.90 Å². The van der Waals surface area contributed by atoms with Crippen LogP contribution < -0.4 is 0 Å². The van der Waals surface area contributed by atoms with Crippen LogP contribution in [0.3, 0.4) is 0 Å². The fourth-order valence-corrected chi connectivity index (χ4v) is 4.69. The van der Waals surface area contributed by atoms with E-state index in [2.05, 4.69) is 40.9 Å². The van der Waals surface area contributed by atoms with Crippen LogP contribution in [0.1, 0.15) is 37.4 Å². The summed E-state index contributed by atoms with van der Waals surface area (Å²) in [6.45, 7) is 8.42. The third-order valence-corrected chi connectivity index (χ3v) is 5.88. The summed E-state index contributed by atoms with van der Waals surface area (Å²) in [5, 5.41) is 3.32. The first-order chi connectivity index (χ1) is 9.09. The Kier molecular flexibility index (Phi) is 6.00. The van der Waals surface area contributed by atoms with Crippen LogP contribution in [-0.2, 0) is 12.3 Å². The zero-order chi connectivity index (χ0) is 13.7. The Labute approximate surface area is 129 Å². The molecule has 5 heteroatoms. The van der Waals surface area contributed by atoms with E-state index in [0.29, 0.717) is 10.6 Å². The summed E-state index contributed by atoms with van der Waals surface area (Å²) in [6, 6.07) is 0. The SMILES string of the molecule is CC1(C)CN(CCCCc2nc(CCl)cs2)CCS1. The molecule has 0 aromatic carbocycles. The first-order valence-electron chi connectivity index (χ1n) is 6.95. The minimum atomic E-state index is 0.433. The van der Waals surface area contributed by atoms with Crippen LogP contribution in [0.25, 0.3) is 0 Å². The van der Waals surface area contributed by atoms with Gasteiger partial charge in [-0.3, -0.25) is 0 Å². The third-order valence-electron chi connectivity index (χ3n) is 3.36. The molecular formula is C14H23ClN2S2. The number of unbranched alkanes of at least 4 members (excludes halogenated alkanes) is 1. The molecule has 0 atom stereocenters. The number of hydrogen-bond donors (Lipinski definition) is 0. The van der Waals surface area contributed by atoms with E-state index in [1.807, 2.05) is 0 Å². The van der Waals surface area contributed by atoms with Gasteiger partial charge >= 0.3 is 0 Å². The number of thioether (sulfide) groups is 1. The molecule has 0 spiro atoms. The number of aromatic nitrogens is 1. The Morgan fingerprint density at radius 1 is 1.42 bits per heavy atom. The maximum absolute atomic E-state index is 5.77. The molecule has 0 bridgehead atoms. The standard InChI is InChI=1S/C14H23ClN2S2/c1-14(2)11-17(7-8-19-14)6-4-3-5-13-16-12(9-15)10-18-13/h10H,3-9,11H2,1-2H3. The van der Waals surface area contributed by atoms with Crippen LogP contribution in [-0.4, -0.2) is 40.0 Å². The minimum Gasteiger partial charge on any atom is -0.301 e. The summed E-state index contributed by atoms with van der Waals surface area (Å²) in [5.41, 5.74) is 1.02. The van der Waals surface area contributed by atoms with Crippen molar-refractivity contribution in [3.05, 3.63) is 16.1 Å². The summed E-state index contributed by atoms with van der Waals surface area (Å²) in [7, 11) is 0. The van der Waals surface area contributed by atoms with E-state index in [0.717, 1.165) is 12.1 Å². The molecule has 1 aromatic heterocycles. The third kappa shape index (κ3) is 5.25. The monoisotopic (exact) mass is 318 g/mol. The minimum absolute atomic E-state index is 0.433. The largest absolute Gasteiger partial charge is 0.301 e. The summed E-state index contributed by atoms with van der Waals surface area (Å²) >= 11 is 9.62. The summed E-state index contributed by atoms with van der Waals surface area (Å²) in [6.07, 6.45) is 3.61. The van der Waals surface area contributed by atoms with Gasteiger partial charge in [0.25, 0.3) is 0 Å². The number of nitrogens with zero attached hydrogens (tertiary/aromatic N) is 2. The van der Waals surface area contributed by atoms with E-state index >= 15 is 0 Å². The van der Waals surface area contributed by atoms with Gasteiger partial charge in [-0.15, -0.1) is 22.9 Å². The van der Waals surface area contributed by atoms with Crippen molar-refractivity contribution >= 4 is 34.7 Å². The van der Waals surface area contributed by atoms with Gasteiger partial charge in [0.2, 0.25) is 0 Å². The van der Waals surface area contributed by atoms with Gasteiger partial charge in [-0.2, -0.15) is 11.8 Å². The van der Waals surface area contributed by atoms with Crippen molar-refractivity contribution in [3.8, 4) is 0 Å². The first-order valence-corrected chi connectivity index (χ1v) is 9.34. The van der Waals surface area contributed by atoms with Crippen LogP contribution >= 0.6 is 34.7 Å². The Balaban J connectivity index is 1.64. The Morgan fingerprint density at radius 3 is 2.95 bits per heavy atom. The topological polar surface area (TPSA) is 16.1 Å². The fourth-order valence-electron chi connectivity index (χ4n) is 2.44. The first kappa shape index (κ1) is 15.6. The number of hydrogen-bond acceptors (Lipinski definition) is 4. The van der Waals surface area contributed by atoms with E-state index in [1.54, 1.807) is 11.3 Å². The highest BCUT2D eigenvalue weighted by molar-refractivity contribution is 8.00. The lowest BCUT2D eigenvalue weighted by Crippen LogP contribution is -2.43. The van der Waals surface area contributed by atoms with Crippen molar-refractivity contribution in [1.82, 2.24) is 9.88 Å². The molecule has 1 aromatic rings. The van der Waals surface area contributed by atoms with Crippen molar-refractivity contribution in [1.29, 1.82) is 0 Å². The molecule has 0 N–H and O–H groups in total. The van der Waals surface area contributed by atoms with Gasteiger partial charge in [0.1, 0.15) is 0 Å². The highest BCUT2D eigenvalue weighted by atomic mass is 35.5. The van der Waals surface area contributed by atoms with Crippen LogP contribution in [0.15, 0.2) is 5.38 Å². The average molecular weight is 319 g/mol. The van der Waals surface area contributed by atoms with Crippen molar-refractivity contribution in [2.75, 3.05) is 25.4 Å². The van der Waals surface area contributed by atoms with Crippen molar-refractivity contribution < 1.29 is 0 Å². The molecule has 0 saturated carbocycles. The Hall–Kier alpha value is 0.230. The second-order valence-corrected chi connectivity index (χ2v) is 8.72. The quantitative estimate of drug-likeness (QED) is 0.582. The number of rotatable bonds is 6. The molecule has 0 aliphatic carbocycles. The molecular weight excluding hydrogens is 296 g/mol. The molecule has 1 aliphatic heterocycles. The number of thiazole rings is 1. The second-order valence-electron chi connectivity index (χ2n) is 5.71. The number of halogens is 1. The van der Waals surface area contributed by atoms with Gasteiger partial charge in [0.15, 0.2) is 0 Å². The molecule has 1 saturated heterocycles. The van der Waals surface area contributed by atoms with Crippen molar-refractivity contribution in [3.63, 3.8) is 0 Å². The number of alkyl halides is 1. The smallest absolute Gasteiger partial charge is 0.0928 e. The van der Waals surface area contributed by atoms with Crippen LogP contribution in [0, 0.1) is 0 Å². The van der Waals surface area contributed by atoms with E-state index in [1.165, 1.54) is 43.2 Å². The lowest BCUT2D eigenvalue weighted by molar-refractivity contribution is 0.255. The number of aryl methyl sites for hydroxylation is 1. The van der Waals surface area contributed by atoms with Gasteiger partial charge in [-0.25, -0.2) is 4.98 Å². The summed E-state index contributed by atoms with van der Waals surface area (Å²) in [4.78, 5) is 7.12. The predicted molar refractivity (Wildman–Crippen MR) is 87.6 cm³/mol. The van der Waals surface area contributed by atoms with Crippen LogP contribution in [0.4, 0.5) is 0 Å². The van der Waals surface area contributed by atoms with Gasteiger partial charge in [0.05, 0.1) is 16.6 Å². The molecule has 2 heterocycles. The highest BCUT2D eigenvalue weighted by Gasteiger charge is 2.26. The summed E-state index contributed by atoms with van der Waals surface area (Å²) < 4.78 is 0.433. The van der Waals surface area contributed by atoms with Crippen LogP contribution in [0.5, 0.6) is 0 Å². The molecule has 2 nitrogen and oxygen atoms in total. The molecule has 108 valence electrons. The lowest BCUT2D eigenvalue weighted by Gasteiger charge is -2.37. The molecule has 19 heavy (non-hydrogen) atoms. The molecule has 0 radical (unpaired) electrons. The van der Waals surface area contributed by atoms with E-state index in [-0.39, 0.29) is 0 Å². The van der Waals surface area contributed by atoms with E-state index in [9.17, 15) is 0 Å². The zero-order valence-corrected chi connectivity index (χ0v) is 14.2. The lowest BCUT2D eigenvalue weighted by atomic mass is 10.1. The second kappa shape index (κ2) is 7.30. The Bertz CT molecular complexity index is 393. The summed E-state index contributed by atoms with van der Waals surface area (Å²) in [5.74, 6) is 1.82. The molecule has 1 fully saturated rings. The normalized spacial score (nSPS) is 19.7. The molecule has 1 aliphatic rings. The molecule has 0 unspecified atom stereocenters. The van der Waals surface area contributed by atoms with Crippen molar-refractivity contribution in [2.24, 2.45) is 0 Å². The van der Waals surface area contributed by atoms with E-state index < -0.39 is 0 Å². The van der Waals surface area contributed by atoms with Crippen LogP contribution in [0.2, 0.25) is 0 Å².